The molecule has 1 N–H and O–H groups in total. The Morgan fingerprint density at radius 3 is 2.76 bits per heavy atom. The number of nitriles is 1. The molecule has 1 aliphatic carbocycles. The molecule has 0 saturated heterocycles. The summed E-state index contributed by atoms with van der Waals surface area (Å²) >= 11 is 6.37. The summed E-state index contributed by atoms with van der Waals surface area (Å²) in [6.45, 7) is 0.410. The molecule has 148 valence electrons. The number of aromatic nitrogens is 2. The minimum absolute atomic E-state index is 0.343. The molecular weight excluding hydrogens is 408 g/mol. The van der Waals surface area contributed by atoms with Crippen LogP contribution in [0.15, 0.2) is 41.2 Å². The van der Waals surface area contributed by atoms with Crippen LogP contribution in [-0.4, -0.2) is 32.3 Å². The van der Waals surface area contributed by atoms with E-state index >= 15 is 0 Å². The third-order valence-electron chi connectivity index (χ3n) is 4.98. The zero-order valence-electron chi connectivity index (χ0n) is 15.8. The predicted molar refractivity (Wildman–Crippen MR) is 116 cm³/mol. The molecule has 0 spiro atoms. The van der Waals surface area contributed by atoms with Crippen LogP contribution in [0.1, 0.15) is 29.9 Å². The normalized spacial score (nSPS) is 14.5. The van der Waals surface area contributed by atoms with Crippen molar-refractivity contribution in [3.63, 3.8) is 0 Å². The van der Waals surface area contributed by atoms with Crippen molar-refractivity contribution >= 4 is 39.1 Å². The molecule has 2 aromatic carbocycles. The van der Waals surface area contributed by atoms with Crippen LogP contribution >= 0.6 is 11.6 Å². The van der Waals surface area contributed by atoms with E-state index in [9.17, 15) is 14.3 Å². The summed E-state index contributed by atoms with van der Waals surface area (Å²) in [5, 5.41) is 13.9. The van der Waals surface area contributed by atoms with E-state index in [0.717, 1.165) is 18.4 Å². The average molecular weight is 427 g/mol. The molecule has 0 amide bonds. The van der Waals surface area contributed by atoms with Crippen LogP contribution in [-0.2, 0) is 10.8 Å². The number of hydrogen-bond donors (Lipinski definition) is 1. The largest absolute Gasteiger partial charge is 0.368 e. The molecular formula is C21H19ClN4O2S. The Morgan fingerprint density at radius 2 is 2.10 bits per heavy atom. The fourth-order valence-corrected chi connectivity index (χ4v) is 4.04. The number of halogens is 1. The highest BCUT2D eigenvalue weighted by atomic mass is 35.5. The summed E-state index contributed by atoms with van der Waals surface area (Å²) in [6, 6.07) is 13.1. The van der Waals surface area contributed by atoms with Gasteiger partial charge in [-0.05, 0) is 48.6 Å². The van der Waals surface area contributed by atoms with Crippen molar-refractivity contribution in [2.45, 2.75) is 18.8 Å². The Morgan fingerprint density at radius 1 is 1.34 bits per heavy atom. The molecule has 1 saturated carbocycles. The second kappa shape index (κ2) is 7.97. The lowest BCUT2D eigenvalue weighted by molar-refractivity contribution is 0.687. The summed E-state index contributed by atoms with van der Waals surface area (Å²) in [6.07, 6.45) is 3.70. The number of nitrogens with zero attached hydrogens (tertiary/aromatic N) is 3. The van der Waals surface area contributed by atoms with Crippen LogP contribution in [0.5, 0.6) is 0 Å². The van der Waals surface area contributed by atoms with Gasteiger partial charge in [0.1, 0.15) is 5.82 Å². The van der Waals surface area contributed by atoms with E-state index in [2.05, 4.69) is 16.4 Å². The van der Waals surface area contributed by atoms with Crippen molar-refractivity contribution in [2.75, 3.05) is 23.9 Å². The summed E-state index contributed by atoms with van der Waals surface area (Å²) in [7, 11) is -0.966. The highest BCUT2D eigenvalue weighted by Crippen LogP contribution is 2.43. The fourth-order valence-electron chi connectivity index (χ4n) is 3.43. The Kier molecular flexibility index (Phi) is 5.39. The van der Waals surface area contributed by atoms with Gasteiger partial charge in [0.15, 0.2) is 0 Å². The lowest BCUT2D eigenvalue weighted by Gasteiger charge is -2.16. The molecule has 1 atom stereocenters. The van der Waals surface area contributed by atoms with Gasteiger partial charge in [0.25, 0.3) is 0 Å². The predicted octanol–water partition coefficient (Wildman–Crippen LogP) is 3.58. The molecule has 1 aliphatic rings. The van der Waals surface area contributed by atoms with Crippen LogP contribution in [0.4, 0.5) is 5.82 Å². The van der Waals surface area contributed by atoms with Gasteiger partial charge in [-0.3, -0.25) is 8.78 Å². The maximum atomic E-state index is 13.0. The number of nitrogens with one attached hydrogen (secondary N) is 1. The Hall–Kier alpha value is -2.69. The fraction of sp³-hybridized carbons (Fsp3) is 0.286. The first kappa shape index (κ1) is 19.6. The number of hydrogen-bond acceptors (Lipinski definition) is 5. The highest BCUT2D eigenvalue weighted by Gasteiger charge is 2.28. The van der Waals surface area contributed by atoms with Crippen LogP contribution in [0.3, 0.4) is 0 Å². The molecule has 1 heterocycles. The number of para-hydroxylation sites is 1. The maximum absolute atomic E-state index is 13.0. The molecule has 6 nitrogen and oxygen atoms in total. The van der Waals surface area contributed by atoms with Gasteiger partial charge in [-0.1, -0.05) is 23.7 Å². The van der Waals surface area contributed by atoms with Crippen molar-refractivity contribution in [3.8, 4) is 11.8 Å². The van der Waals surface area contributed by atoms with Gasteiger partial charge in [0.05, 0.1) is 27.9 Å². The molecule has 8 heteroatoms. The standard InChI is InChI=1S/C21H19ClN4O2S/c1-29(28)9-8-24-20-16-10-14(12-23)15(13-6-7-13)11-19(16)26(21(27)25-20)18-5-3-2-4-17(18)22/h2-5,10-11,13H,6-9H2,1H3,(H,24,25,27). The second-order valence-electron chi connectivity index (χ2n) is 7.08. The van der Waals surface area contributed by atoms with Crippen LogP contribution < -0.4 is 11.0 Å². The van der Waals surface area contributed by atoms with Gasteiger partial charge in [-0.2, -0.15) is 10.2 Å². The summed E-state index contributed by atoms with van der Waals surface area (Å²) in [5.74, 6) is 1.16. The summed E-state index contributed by atoms with van der Waals surface area (Å²) < 4.78 is 12.9. The highest BCUT2D eigenvalue weighted by molar-refractivity contribution is 7.84. The third kappa shape index (κ3) is 3.91. The average Bonchev–Trinajstić information content (AvgIpc) is 3.53. The quantitative estimate of drug-likeness (QED) is 0.650. The van der Waals surface area contributed by atoms with Crippen molar-refractivity contribution in [3.05, 3.63) is 63.0 Å². The minimum atomic E-state index is -0.966. The summed E-state index contributed by atoms with van der Waals surface area (Å²) in [4.78, 5) is 17.2. The van der Waals surface area contributed by atoms with E-state index in [1.807, 2.05) is 12.1 Å². The lowest BCUT2D eigenvalue weighted by Crippen LogP contribution is -2.25. The van der Waals surface area contributed by atoms with E-state index in [1.165, 1.54) is 4.57 Å². The Balaban J connectivity index is 1.98. The zero-order valence-corrected chi connectivity index (χ0v) is 17.4. The Labute approximate surface area is 175 Å². The number of fused-ring (bicyclic) bond motifs is 1. The Bertz CT molecular complexity index is 1230. The first-order valence-corrected chi connectivity index (χ1v) is 11.4. The van der Waals surface area contributed by atoms with Gasteiger partial charge in [0.2, 0.25) is 0 Å². The number of rotatable bonds is 6. The topological polar surface area (TPSA) is 87.8 Å². The molecule has 0 bridgehead atoms. The van der Waals surface area contributed by atoms with Gasteiger partial charge >= 0.3 is 5.69 Å². The molecule has 1 fully saturated rings. The molecule has 1 unspecified atom stereocenters. The van der Waals surface area contributed by atoms with E-state index in [4.69, 9.17) is 11.6 Å². The lowest BCUT2D eigenvalue weighted by atomic mass is 10.0. The molecule has 29 heavy (non-hydrogen) atoms. The van der Waals surface area contributed by atoms with E-state index < -0.39 is 16.5 Å². The molecule has 0 aliphatic heterocycles. The molecule has 1 aromatic heterocycles. The minimum Gasteiger partial charge on any atom is -0.368 e. The number of benzene rings is 2. The van der Waals surface area contributed by atoms with E-state index in [0.29, 0.717) is 51.2 Å². The van der Waals surface area contributed by atoms with Crippen molar-refractivity contribution in [2.24, 2.45) is 0 Å². The smallest absolute Gasteiger partial charge is 0.354 e. The maximum Gasteiger partial charge on any atom is 0.354 e. The summed E-state index contributed by atoms with van der Waals surface area (Å²) in [5.41, 5.74) is 2.28. The molecule has 0 radical (unpaired) electrons. The van der Waals surface area contributed by atoms with E-state index in [1.54, 1.807) is 30.5 Å². The van der Waals surface area contributed by atoms with Crippen LogP contribution in [0.25, 0.3) is 16.6 Å². The molecule has 4 rings (SSSR count). The van der Waals surface area contributed by atoms with Crippen LogP contribution in [0, 0.1) is 11.3 Å². The van der Waals surface area contributed by atoms with Crippen molar-refractivity contribution in [1.82, 2.24) is 9.55 Å². The van der Waals surface area contributed by atoms with E-state index in [-0.39, 0.29) is 0 Å². The van der Waals surface area contributed by atoms with Gasteiger partial charge in [0, 0.05) is 34.7 Å². The van der Waals surface area contributed by atoms with Gasteiger partial charge in [-0.25, -0.2) is 4.79 Å². The second-order valence-corrected chi connectivity index (χ2v) is 9.04. The number of anilines is 1. The molecule has 3 aromatic rings. The van der Waals surface area contributed by atoms with Crippen LogP contribution in [0.2, 0.25) is 5.02 Å². The SMILES string of the molecule is CS(=O)CCNc1nc(=O)n(-c2ccccc2Cl)c2cc(C3CC3)c(C#N)cc12. The van der Waals surface area contributed by atoms with Crippen molar-refractivity contribution in [1.29, 1.82) is 5.26 Å². The van der Waals surface area contributed by atoms with Gasteiger partial charge < -0.3 is 5.32 Å². The zero-order chi connectivity index (χ0) is 20.5. The van der Waals surface area contributed by atoms with Crippen molar-refractivity contribution < 1.29 is 4.21 Å². The first-order chi connectivity index (χ1) is 14.0. The van der Waals surface area contributed by atoms with Gasteiger partial charge in [-0.15, -0.1) is 0 Å². The first-order valence-electron chi connectivity index (χ1n) is 9.29. The third-order valence-corrected chi connectivity index (χ3v) is 6.07. The monoisotopic (exact) mass is 426 g/mol.